The van der Waals surface area contributed by atoms with Crippen LogP contribution in [0.1, 0.15) is 30.2 Å². The number of fused-ring (bicyclic) bond motifs is 1. The number of rotatable bonds is 4. The highest BCUT2D eigenvalue weighted by atomic mass is 32.1. The molecule has 0 aliphatic carbocycles. The molecule has 82 valence electrons. The number of carbonyl (C=O) groups excluding carboxylic acids is 1. The summed E-state index contributed by atoms with van der Waals surface area (Å²) in [4.78, 5) is 15.3. The van der Waals surface area contributed by atoms with E-state index in [1.165, 1.54) is 10.4 Å². The van der Waals surface area contributed by atoms with Crippen LogP contribution in [-0.2, 0) is 17.8 Å². The lowest BCUT2D eigenvalue weighted by atomic mass is 10.1. The molecule has 0 amide bonds. The monoisotopic (exact) mass is 223 g/mol. The van der Waals surface area contributed by atoms with Crippen LogP contribution in [0.15, 0.2) is 11.4 Å². The lowest BCUT2D eigenvalue weighted by Gasteiger charge is -2.25. The van der Waals surface area contributed by atoms with Crippen molar-refractivity contribution in [2.75, 3.05) is 13.1 Å². The molecule has 0 saturated carbocycles. The third-order valence-corrected chi connectivity index (χ3v) is 3.84. The fraction of sp³-hybridized carbons (Fsp3) is 0.583. The molecular weight excluding hydrogens is 206 g/mol. The molecule has 0 unspecified atom stereocenters. The van der Waals surface area contributed by atoms with Gasteiger partial charge in [0.05, 0.1) is 6.54 Å². The van der Waals surface area contributed by atoms with Crippen molar-refractivity contribution in [3.63, 3.8) is 0 Å². The highest BCUT2D eigenvalue weighted by Gasteiger charge is 2.18. The van der Waals surface area contributed by atoms with Gasteiger partial charge in [-0.2, -0.15) is 0 Å². The quantitative estimate of drug-likeness (QED) is 0.781. The maximum absolute atomic E-state index is 11.5. The molecule has 0 saturated heterocycles. The molecular formula is C12H17NOS. The van der Waals surface area contributed by atoms with Crippen LogP contribution >= 0.6 is 11.3 Å². The Balaban J connectivity index is 1.90. The van der Waals surface area contributed by atoms with Crippen LogP contribution in [0.25, 0.3) is 0 Å². The maximum atomic E-state index is 11.5. The Morgan fingerprint density at radius 2 is 2.47 bits per heavy atom. The molecule has 1 aliphatic rings. The lowest BCUT2D eigenvalue weighted by Crippen LogP contribution is -2.34. The summed E-state index contributed by atoms with van der Waals surface area (Å²) in [5.41, 5.74) is 1.43. The van der Waals surface area contributed by atoms with Crippen molar-refractivity contribution >= 4 is 17.1 Å². The molecule has 2 heterocycles. The third-order valence-electron chi connectivity index (χ3n) is 2.82. The summed E-state index contributed by atoms with van der Waals surface area (Å²) in [6.07, 6.45) is 2.82. The molecule has 0 aromatic carbocycles. The molecule has 2 rings (SSSR count). The summed E-state index contributed by atoms with van der Waals surface area (Å²) in [5, 5.41) is 2.15. The highest BCUT2D eigenvalue weighted by Crippen LogP contribution is 2.23. The Morgan fingerprint density at radius 1 is 1.60 bits per heavy atom. The molecule has 0 fully saturated rings. The number of ketones is 1. The van der Waals surface area contributed by atoms with Gasteiger partial charge >= 0.3 is 0 Å². The first-order valence-corrected chi connectivity index (χ1v) is 6.47. The van der Waals surface area contributed by atoms with E-state index >= 15 is 0 Å². The van der Waals surface area contributed by atoms with Crippen LogP contribution in [0, 0.1) is 0 Å². The minimum Gasteiger partial charge on any atom is -0.298 e. The van der Waals surface area contributed by atoms with Gasteiger partial charge in [-0.05, 0) is 29.9 Å². The van der Waals surface area contributed by atoms with Crippen molar-refractivity contribution in [3.05, 3.63) is 21.9 Å². The molecule has 1 aromatic rings. The summed E-state index contributed by atoms with van der Waals surface area (Å²) in [5.74, 6) is 0.385. The van der Waals surface area contributed by atoms with Crippen LogP contribution < -0.4 is 0 Å². The smallest absolute Gasteiger partial charge is 0.146 e. The minimum atomic E-state index is 0.385. The van der Waals surface area contributed by atoms with E-state index in [1.54, 1.807) is 0 Å². The molecule has 0 spiro atoms. The largest absolute Gasteiger partial charge is 0.298 e. The Labute approximate surface area is 94.9 Å². The first-order valence-electron chi connectivity index (χ1n) is 5.59. The molecule has 0 N–H and O–H groups in total. The van der Waals surface area contributed by atoms with Gasteiger partial charge in [0.15, 0.2) is 0 Å². The zero-order chi connectivity index (χ0) is 10.7. The SMILES string of the molecule is CCCC(=O)CN1CCc2sccc2C1. The van der Waals surface area contributed by atoms with E-state index in [0.717, 1.165) is 32.4 Å². The first-order chi connectivity index (χ1) is 7.29. The van der Waals surface area contributed by atoms with E-state index < -0.39 is 0 Å². The van der Waals surface area contributed by atoms with E-state index in [9.17, 15) is 4.79 Å². The second-order valence-corrected chi connectivity index (χ2v) is 5.12. The number of hydrogen-bond acceptors (Lipinski definition) is 3. The number of carbonyl (C=O) groups is 1. The third kappa shape index (κ3) is 2.67. The highest BCUT2D eigenvalue weighted by molar-refractivity contribution is 7.10. The van der Waals surface area contributed by atoms with E-state index in [2.05, 4.69) is 23.3 Å². The topological polar surface area (TPSA) is 20.3 Å². The van der Waals surface area contributed by atoms with Gasteiger partial charge in [-0.15, -0.1) is 11.3 Å². The molecule has 15 heavy (non-hydrogen) atoms. The molecule has 0 atom stereocenters. The van der Waals surface area contributed by atoms with Gasteiger partial charge in [0.1, 0.15) is 5.78 Å². The molecule has 0 radical (unpaired) electrons. The van der Waals surface area contributed by atoms with Crippen LogP contribution in [0.4, 0.5) is 0 Å². The standard InChI is InChI=1S/C12H17NOS/c1-2-3-11(14)9-13-6-4-12-10(8-13)5-7-15-12/h5,7H,2-4,6,8-9H2,1H3. The Hall–Kier alpha value is -0.670. The van der Waals surface area contributed by atoms with Gasteiger partial charge in [-0.25, -0.2) is 0 Å². The van der Waals surface area contributed by atoms with Crippen molar-refractivity contribution in [3.8, 4) is 0 Å². The molecule has 1 aromatic heterocycles. The summed E-state index contributed by atoms with van der Waals surface area (Å²) in [6, 6.07) is 2.19. The molecule has 3 heteroatoms. The van der Waals surface area contributed by atoms with Crippen molar-refractivity contribution in [2.45, 2.75) is 32.7 Å². The van der Waals surface area contributed by atoms with Gasteiger partial charge < -0.3 is 0 Å². The van der Waals surface area contributed by atoms with Crippen LogP contribution in [0.2, 0.25) is 0 Å². The second kappa shape index (κ2) is 4.90. The Morgan fingerprint density at radius 3 is 3.27 bits per heavy atom. The molecule has 0 bridgehead atoms. The van der Waals surface area contributed by atoms with Gasteiger partial charge in [0.2, 0.25) is 0 Å². The van der Waals surface area contributed by atoms with Crippen LogP contribution in [0.3, 0.4) is 0 Å². The van der Waals surface area contributed by atoms with Crippen LogP contribution in [-0.4, -0.2) is 23.8 Å². The zero-order valence-corrected chi connectivity index (χ0v) is 9.98. The van der Waals surface area contributed by atoms with Gasteiger partial charge in [0, 0.05) is 24.4 Å². The fourth-order valence-electron chi connectivity index (χ4n) is 2.05. The van der Waals surface area contributed by atoms with Crippen LogP contribution in [0.5, 0.6) is 0 Å². The van der Waals surface area contributed by atoms with Gasteiger partial charge in [0.25, 0.3) is 0 Å². The van der Waals surface area contributed by atoms with E-state index in [4.69, 9.17) is 0 Å². The summed E-state index contributed by atoms with van der Waals surface area (Å²) < 4.78 is 0. The van der Waals surface area contributed by atoms with Gasteiger partial charge in [-0.3, -0.25) is 9.69 Å². The lowest BCUT2D eigenvalue weighted by molar-refractivity contribution is -0.120. The number of Topliss-reactive ketones (excluding diaryl/α,β-unsaturated/α-hetero) is 1. The predicted molar refractivity (Wildman–Crippen MR) is 63.2 cm³/mol. The zero-order valence-electron chi connectivity index (χ0n) is 9.16. The van der Waals surface area contributed by atoms with Crippen molar-refractivity contribution < 1.29 is 4.79 Å². The Kier molecular flexibility index (Phi) is 3.54. The van der Waals surface area contributed by atoms with Crippen molar-refractivity contribution in [2.24, 2.45) is 0 Å². The molecule has 2 nitrogen and oxygen atoms in total. The average Bonchev–Trinajstić information content (AvgIpc) is 2.65. The predicted octanol–water partition coefficient (Wildman–Crippen LogP) is 2.48. The Bertz CT molecular complexity index is 345. The number of nitrogens with zero attached hydrogens (tertiary/aromatic N) is 1. The summed E-state index contributed by atoms with van der Waals surface area (Å²) in [7, 11) is 0. The van der Waals surface area contributed by atoms with Gasteiger partial charge in [-0.1, -0.05) is 6.92 Å². The van der Waals surface area contributed by atoms with E-state index in [0.29, 0.717) is 12.3 Å². The minimum absolute atomic E-state index is 0.385. The fourth-order valence-corrected chi connectivity index (χ4v) is 2.94. The van der Waals surface area contributed by atoms with Crippen molar-refractivity contribution in [1.82, 2.24) is 4.90 Å². The summed E-state index contributed by atoms with van der Waals surface area (Å²) >= 11 is 1.84. The maximum Gasteiger partial charge on any atom is 0.146 e. The number of thiophene rings is 1. The number of hydrogen-bond donors (Lipinski definition) is 0. The van der Waals surface area contributed by atoms with Crippen molar-refractivity contribution in [1.29, 1.82) is 0 Å². The van der Waals surface area contributed by atoms with E-state index in [1.807, 2.05) is 11.3 Å². The van der Waals surface area contributed by atoms with E-state index in [-0.39, 0.29) is 0 Å². The second-order valence-electron chi connectivity index (χ2n) is 4.12. The summed E-state index contributed by atoms with van der Waals surface area (Å²) in [6.45, 7) is 4.71. The normalized spacial score (nSPS) is 16.3. The first kappa shape index (κ1) is 10.8. The molecule has 1 aliphatic heterocycles. The average molecular weight is 223 g/mol.